The molecule has 5 heteroatoms. The number of piperazine rings is 1. The summed E-state index contributed by atoms with van der Waals surface area (Å²) < 4.78 is 0. The lowest BCUT2D eigenvalue weighted by Crippen LogP contribution is -2.56. The Kier molecular flexibility index (Phi) is 5.83. The molecule has 1 amide bonds. The second-order valence-electron chi connectivity index (χ2n) is 8.76. The molecule has 0 aromatic carbocycles. The number of likely N-dealkylation sites (tertiary alicyclic amines) is 1. The van der Waals surface area contributed by atoms with Crippen LogP contribution in [0, 0.1) is 11.3 Å². The number of rotatable bonds is 5. The molecule has 0 aromatic heterocycles. The SMILES string of the molecule is CC(C)C(=O)NC1CC2(CCN(CCN3CCN(C)CC3)CC2)C1. The molecule has 1 saturated carbocycles. The van der Waals surface area contributed by atoms with E-state index in [-0.39, 0.29) is 11.8 Å². The summed E-state index contributed by atoms with van der Waals surface area (Å²) in [7, 11) is 2.22. The van der Waals surface area contributed by atoms with E-state index in [0.29, 0.717) is 11.5 Å². The smallest absolute Gasteiger partial charge is 0.222 e. The second kappa shape index (κ2) is 7.71. The summed E-state index contributed by atoms with van der Waals surface area (Å²) in [6.07, 6.45) is 5.06. The van der Waals surface area contributed by atoms with Crippen molar-refractivity contribution < 1.29 is 4.79 Å². The lowest BCUT2D eigenvalue weighted by molar-refractivity contribution is -0.126. The van der Waals surface area contributed by atoms with Gasteiger partial charge in [0.2, 0.25) is 5.91 Å². The predicted molar refractivity (Wildman–Crippen MR) is 98.0 cm³/mol. The molecule has 1 N–H and O–H groups in total. The maximum atomic E-state index is 11.8. The maximum Gasteiger partial charge on any atom is 0.222 e. The Morgan fingerprint density at radius 1 is 1.00 bits per heavy atom. The van der Waals surface area contributed by atoms with Crippen molar-refractivity contribution in [3.05, 3.63) is 0 Å². The van der Waals surface area contributed by atoms with Crippen molar-refractivity contribution in [2.24, 2.45) is 11.3 Å². The number of likely N-dealkylation sites (N-methyl/N-ethyl adjacent to an activating group) is 1. The van der Waals surface area contributed by atoms with Crippen LogP contribution in [0.15, 0.2) is 0 Å². The number of hydrogen-bond donors (Lipinski definition) is 1. The van der Waals surface area contributed by atoms with E-state index < -0.39 is 0 Å². The third-order valence-electron chi connectivity index (χ3n) is 6.47. The quantitative estimate of drug-likeness (QED) is 0.820. The zero-order valence-electron chi connectivity index (χ0n) is 15.9. The Labute approximate surface area is 147 Å². The number of nitrogens with zero attached hydrogens (tertiary/aromatic N) is 3. The molecule has 3 aliphatic rings. The van der Waals surface area contributed by atoms with Crippen LogP contribution < -0.4 is 5.32 Å². The van der Waals surface area contributed by atoms with E-state index in [4.69, 9.17) is 0 Å². The van der Waals surface area contributed by atoms with Crippen molar-refractivity contribution >= 4 is 5.91 Å². The molecule has 138 valence electrons. The average Bonchev–Trinajstić information content (AvgIpc) is 2.54. The van der Waals surface area contributed by atoms with Crippen molar-refractivity contribution in [1.29, 1.82) is 0 Å². The van der Waals surface area contributed by atoms with Crippen molar-refractivity contribution in [1.82, 2.24) is 20.0 Å². The fourth-order valence-electron chi connectivity index (χ4n) is 4.47. The van der Waals surface area contributed by atoms with Crippen LogP contribution in [0.25, 0.3) is 0 Å². The minimum Gasteiger partial charge on any atom is -0.353 e. The molecule has 0 radical (unpaired) electrons. The molecule has 0 bridgehead atoms. The Bertz CT molecular complexity index is 415. The lowest BCUT2D eigenvalue weighted by Gasteiger charge is -2.52. The predicted octanol–water partition coefficient (Wildman–Crippen LogP) is 1.25. The lowest BCUT2D eigenvalue weighted by atomic mass is 9.60. The summed E-state index contributed by atoms with van der Waals surface area (Å²) in [5, 5.41) is 3.21. The summed E-state index contributed by atoms with van der Waals surface area (Å²) in [6.45, 7) is 13.8. The van der Waals surface area contributed by atoms with Crippen LogP contribution in [0.1, 0.15) is 39.5 Å². The van der Waals surface area contributed by atoms with E-state index in [9.17, 15) is 4.79 Å². The standard InChI is InChI=1S/C19H36N4O/c1-16(2)18(24)20-17-14-19(15-17)4-6-22(7-5-19)12-13-23-10-8-21(3)9-11-23/h16-17H,4-15H2,1-3H3,(H,20,24). The van der Waals surface area contributed by atoms with E-state index in [1.54, 1.807) is 0 Å². The highest BCUT2D eigenvalue weighted by Gasteiger charge is 2.46. The van der Waals surface area contributed by atoms with Gasteiger partial charge in [0, 0.05) is 51.2 Å². The van der Waals surface area contributed by atoms with Crippen LogP contribution >= 0.6 is 0 Å². The Morgan fingerprint density at radius 2 is 1.54 bits per heavy atom. The van der Waals surface area contributed by atoms with Gasteiger partial charge >= 0.3 is 0 Å². The van der Waals surface area contributed by atoms with Crippen LogP contribution in [-0.4, -0.2) is 86.1 Å². The summed E-state index contributed by atoms with van der Waals surface area (Å²) in [5.74, 6) is 0.331. The van der Waals surface area contributed by atoms with Gasteiger partial charge in [0.25, 0.3) is 0 Å². The molecule has 0 atom stereocenters. The van der Waals surface area contributed by atoms with Crippen LogP contribution in [0.3, 0.4) is 0 Å². The van der Waals surface area contributed by atoms with Gasteiger partial charge in [0.15, 0.2) is 0 Å². The zero-order chi connectivity index (χ0) is 17.2. The molecule has 2 saturated heterocycles. The molecule has 3 rings (SSSR count). The van der Waals surface area contributed by atoms with E-state index in [1.807, 2.05) is 13.8 Å². The number of nitrogens with one attached hydrogen (secondary N) is 1. The molecular formula is C19H36N4O. The molecule has 1 aliphatic carbocycles. The number of carbonyl (C=O) groups excluding carboxylic acids is 1. The third kappa shape index (κ3) is 4.50. The van der Waals surface area contributed by atoms with Crippen LogP contribution in [0.5, 0.6) is 0 Å². The number of piperidine rings is 1. The molecule has 0 aromatic rings. The molecule has 2 aliphatic heterocycles. The van der Waals surface area contributed by atoms with Gasteiger partial charge in [-0.25, -0.2) is 0 Å². The normalized spacial score (nSPS) is 26.7. The molecule has 24 heavy (non-hydrogen) atoms. The van der Waals surface area contributed by atoms with Gasteiger partial charge in [0.05, 0.1) is 0 Å². The summed E-state index contributed by atoms with van der Waals surface area (Å²) >= 11 is 0. The minimum absolute atomic E-state index is 0.109. The van der Waals surface area contributed by atoms with Crippen LogP contribution in [-0.2, 0) is 4.79 Å². The monoisotopic (exact) mass is 336 g/mol. The maximum absolute atomic E-state index is 11.8. The van der Waals surface area contributed by atoms with Crippen LogP contribution in [0.2, 0.25) is 0 Å². The molecule has 1 spiro atoms. The van der Waals surface area contributed by atoms with Gasteiger partial charge in [-0.15, -0.1) is 0 Å². The van der Waals surface area contributed by atoms with Gasteiger partial charge in [-0.3, -0.25) is 9.69 Å². The first kappa shape index (κ1) is 18.2. The molecule has 3 fully saturated rings. The first-order valence-corrected chi connectivity index (χ1v) is 9.89. The largest absolute Gasteiger partial charge is 0.353 e. The van der Waals surface area contributed by atoms with Gasteiger partial charge in [-0.1, -0.05) is 13.8 Å². The summed E-state index contributed by atoms with van der Waals surface area (Å²) in [5.41, 5.74) is 0.541. The summed E-state index contributed by atoms with van der Waals surface area (Å²) in [4.78, 5) is 19.5. The first-order chi connectivity index (χ1) is 11.5. The highest BCUT2D eigenvalue weighted by Crippen LogP contribution is 2.49. The molecule has 5 nitrogen and oxygen atoms in total. The van der Waals surface area contributed by atoms with E-state index >= 15 is 0 Å². The fraction of sp³-hybridized carbons (Fsp3) is 0.947. The highest BCUT2D eigenvalue weighted by atomic mass is 16.1. The van der Waals surface area contributed by atoms with E-state index in [2.05, 4.69) is 27.1 Å². The van der Waals surface area contributed by atoms with Gasteiger partial charge in [0.1, 0.15) is 0 Å². The van der Waals surface area contributed by atoms with Crippen molar-refractivity contribution in [3.8, 4) is 0 Å². The van der Waals surface area contributed by atoms with Crippen molar-refractivity contribution in [3.63, 3.8) is 0 Å². The molecule has 0 unspecified atom stereocenters. The van der Waals surface area contributed by atoms with E-state index in [1.165, 1.54) is 78.0 Å². The Balaban J connectivity index is 1.31. The molecular weight excluding hydrogens is 300 g/mol. The average molecular weight is 337 g/mol. The Hall–Kier alpha value is -0.650. The third-order valence-corrected chi connectivity index (χ3v) is 6.47. The second-order valence-corrected chi connectivity index (χ2v) is 8.76. The zero-order valence-corrected chi connectivity index (χ0v) is 15.9. The number of carbonyl (C=O) groups is 1. The fourth-order valence-corrected chi connectivity index (χ4v) is 4.47. The van der Waals surface area contributed by atoms with Crippen molar-refractivity contribution in [2.45, 2.75) is 45.6 Å². The highest BCUT2D eigenvalue weighted by molar-refractivity contribution is 5.78. The minimum atomic E-state index is 0.109. The van der Waals surface area contributed by atoms with Gasteiger partial charge in [-0.05, 0) is 51.2 Å². The first-order valence-electron chi connectivity index (χ1n) is 9.89. The Morgan fingerprint density at radius 3 is 2.08 bits per heavy atom. The van der Waals surface area contributed by atoms with Crippen molar-refractivity contribution in [2.75, 3.05) is 59.4 Å². The van der Waals surface area contributed by atoms with E-state index in [0.717, 1.165) is 0 Å². The van der Waals surface area contributed by atoms with Gasteiger partial charge in [-0.2, -0.15) is 0 Å². The topological polar surface area (TPSA) is 38.8 Å². The summed E-state index contributed by atoms with van der Waals surface area (Å²) in [6, 6.07) is 0.441. The number of hydrogen-bond acceptors (Lipinski definition) is 4. The van der Waals surface area contributed by atoms with Crippen LogP contribution in [0.4, 0.5) is 0 Å². The molecule has 2 heterocycles. The van der Waals surface area contributed by atoms with Gasteiger partial charge < -0.3 is 15.1 Å². The number of amides is 1.